The molecular formula is C30H32N10O. The Bertz CT molecular complexity index is 1760. The molecule has 41 heavy (non-hydrogen) atoms. The summed E-state index contributed by atoms with van der Waals surface area (Å²) in [4.78, 5) is 40.1. The van der Waals surface area contributed by atoms with Crippen molar-refractivity contribution >= 4 is 46.2 Å². The molecule has 5 aromatic rings. The topological polar surface area (TPSA) is 141 Å². The van der Waals surface area contributed by atoms with Crippen LogP contribution in [0.2, 0.25) is 0 Å². The smallest absolute Gasteiger partial charge is 0.224 e. The highest BCUT2D eigenvalue weighted by Gasteiger charge is 2.19. The number of aliphatic imine (C=N–C) groups is 1. The maximum absolute atomic E-state index is 12.7. The third kappa shape index (κ3) is 5.56. The molecule has 5 heterocycles. The zero-order chi connectivity index (χ0) is 28.3. The van der Waals surface area contributed by atoms with Gasteiger partial charge in [0, 0.05) is 49.4 Å². The average molecular weight is 549 g/mol. The number of hydrogen-bond donors (Lipinski definition) is 3. The summed E-state index contributed by atoms with van der Waals surface area (Å²) in [5.41, 5.74) is 6.68. The molecule has 0 radical (unpaired) electrons. The van der Waals surface area contributed by atoms with Gasteiger partial charge in [0.15, 0.2) is 17.1 Å². The first-order valence-corrected chi connectivity index (χ1v) is 13.8. The van der Waals surface area contributed by atoms with Crippen molar-refractivity contribution in [3.63, 3.8) is 0 Å². The van der Waals surface area contributed by atoms with Crippen LogP contribution < -0.4 is 10.2 Å². The first-order chi connectivity index (χ1) is 20.0. The number of H-pyrrole nitrogens is 2. The summed E-state index contributed by atoms with van der Waals surface area (Å²) in [5, 5.41) is 11.3. The molecule has 5 aromatic heterocycles. The lowest BCUT2D eigenvalue weighted by Gasteiger charge is -2.20. The van der Waals surface area contributed by atoms with E-state index < -0.39 is 0 Å². The molecule has 6 rings (SSSR count). The lowest BCUT2D eigenvalue weighted by atomic mass is 9.87. The largest absolute Gasteiger partial charge is 0.347 e. The molecule has 0 unspecified atom stereocenters. The number of rotatable bonds is 8. The number of fused-ring (bicyclic) bond motifs is 2. The van der Waals surface area contributed by atoms with Crippen molar-refractivity contribution in [3.05, 3.63) is 54.9 Å². The van der Waals surface area contributed by atoms with E-state index in [1.165, 1.54) is 19.3 Å². The zero-order valence-corrected chi connectivity index (χ0v) is 23.2. The molecule has 0 aromatic carbocycles. The minimum absolute atomic E-state index is 0.0384. The fourth-order valence-electron chi connectivity index (χ4n) is 5.47. The second kappa shape index (κ2) is 11.3. The van der Waals surface area contributed by atoms with Gasteiger partial charge in [-0.1, -0.05) is 19.3 Å². The van der Waals surface area contributed by atoms with Gasteiger partial charge in [-0.2, -0.15) is 5.10 Å². The standard InChI is InChI=1S/C30H32N10O/c1-18(31-2)17-40(3)24-9-10-33-29-27(24)36-30(37-29)26-23-13-21(15-34-28(23)39-38-26)20-12-22(16-32-14-20)35-25(41)11-19-7-5-4-6-8-19/h9-10,12-17,19H,2,4-8,11H2,1,3H3,(H,35,41)(H,33,36,37)(H,34,38,39)/b18-17-. The summed E-state index contributed by atoms with van der Waals surface area (Å²) >= 11 is 0. The predicted octanol–water partition coefficient (Wildman–Crippen LogP) is 5.87. The van der Waals surface area contributed by atoms with E-state index >= 15 is 0 Å². The molecule has 3 N–H and O–H groups in total. The summed E-state index contributed by atoms with van der Waals surface area (Å²) in [6, 6.07) is 5.84. The second-order valence-electron chi connectivity index (χ2n) is 10.6. The van der Waals surface area contributed by atoms with Gasteiger partial charge in [-0.3, -0.25) is 19.9 Å². The number of carbonyl (C=O) groups is 1. The molecule has 1 saturated carbocycles. The van der Waals surface area contributed by atoms with E-state index in [1.807, 2.05) is 43.3 Å². The minimum Gasteiger partial charge on any atom is -0.347 e. The Labute approximate surface area is 237 Å². The molecule has 1 aliphatic carbocycles. The van der Waals surface area contributed by atoms with E-state index in [4.69, 9.17) is 4.98 Å². The van der Waals surface area contributed by atoms with Crippen molar-refractivity contribution in [2.45, 2.75) is 45.4 Å². The van der Waals surface area contributed by atoms with Crippen molar-refractivity contribution in [3.8, 4) is 22.6 Å². The number of imidazole rings is 1. The number of amides is 1. The Morgan fingerprint density at radius 3 is 2.80 bits per heavy atom. The van der Waals surface area contributed by atoms with Gasteiger partial charge in [0.1, 0.15) is 11.2 Å². The number of hydrogen-bond acceptors (Lipinski definition) is 8. The van der Waals surface area contributed by atoms with Crippen LogP contribution in [0.5, 0.6) is 0 Å². The second-order valence-corrected chi connectivity index (χ2v) is 10.6. The van der Waals surface area contributed by atoms with Crippen molar-refractivity contribution in [1.82, 2.24) is 35.1 Å². The monoisotopic (exact) mass is 548 g/mol. The van der Waals surface area contributed by atoms with E-state index in [0.29, 0.717) is 40.8 Å². The number of aromatic nitrogens is 7. The van der Waals surface area contributed by atoms with Crippen LogP contribution in [0.3, 0.4) is 0 Å². The highest BCUT2D eigenvalue weighted by Crippen LogP contribution is 2.32. The molecule has 0 saturated heterocycles. The molecule has 11 heteroatoms. The third-order valence-corrected chi connectivity index (χ3v) is 7.58. The Hall–Kier alpha value is -4.93. The van der Waals surface area contributed by atoms with E-state index in [2.05, 4.69) is 47.2 Å². The van der Waals surface area contributed by atoms with E-state index in [0.717, 1.165) is 46.3 Å². The Kier molecular flexibility index (Phi) is 7.24. The molecule has 208 valence electrons. The van der Waals surface area contributed by atoms with Gasteiger partial charge in [-0.15, -0.1) is 0 Å². The van der Waals surface area contributed by atoms with Crippen molar-refractivity contribution in [2.24, 2.45) is 10.9 Å². The fourth-order valence-corrected chi connectivity index (χ4v) is 5.47. The number of nitrogens with one attached hydrogen (secondary N) is 3. The number of carbonyl (C=O) groups excluding carboxylic acids is 1. The highest BCUT2D eigenvalue weighted by atomic mass is 16.1. The van der Waals surface area contributed by atoms with Gasteiger partial charge in [0.05, 0.1) is 28.7 Å². The van der Waals surface area contributed by atoms with E-state index in [1.54, 1.807) is 24.8 Å². The quantitative estimate of drug-likeness (QED) is 0.206. The van der Waals surface area contributed by atoms with Crippen LogP contribution in [0.15, 0.2) is 59.9 Å². The zero-order valence-electron chi connectivity index (χ0n) is 23.2. The van der Waals surface area contributed by atoms with Crippen LogP contribution in [0.1, 0.15) is 45.4 Å². The molecule has 0 spiro atoms. The number of pyridine rings is 3. The van der Waals surface area contributed by atoms with Crippen molar-refractivity contribution in [1.29, 1.82) is 0 Å². The molecule has 1 aliphatic rings. The predicted molar refractivity (Wildman–Crippen MR) is 162 cm³/mol. The number of aromatic amines is 2. The van der Waals surface area contributed by atoms with Gasteiger partial charge in [0.2, 0.25) is 5.91 Å². The highest BCUT2D eigenvalue weighted by molar-refractivity contribution is 5.96. The molecule has 1 fully saturated rings. The number of anilines is 2. The average Bonchev–Trinajstić information content (AvgIpc) is 3.61. The fraction of sp³-hybridized carbons (Fsp3) is 0.300. The maximum Gasteiger partial charge on any atom is 0.224 e. The lowest BCUT2D eigenvalue weighted by Crippen LogP contribution is -2.18. The van der Waals surface area contributed by atoms with E-state index in [9.17, 15) is 4.79 Å². The van der Waals surface area contributed by atoms with Gasteiger partial charge in [-0.25, -0.2) is 15.0 Å². The number of allylic oxidation sites excluding steroid dienone is 1. The van der Waals surface area contributed by atoms with Gasteiger partial charge in [0.25, 0.3) is 0 Å². The van der Waals surface area contributed by atoms with Crippen LogP contribution in [-0.2, 0) is 4.79 Å². The summed E-state index contributed by atoms with van der Waals surface area (Å²) < 4.78 is 0. The van der Waals surface area contributed by atoms with Gasteiger partial charge in [-0.05, 0) is 50.6 Å². The normalized spacial score (nSPS) is 14.4. The van der Waals surface area contributed by atoms with Crippen LogP contribution in [0.4, 0.5) is 11.4 Å². The lowest BCUT2D eigenvalue weighted by molar-refractivity contribution is -0.117. The van der Waals surface area contributed by atoms with Crippen LogP contribution in [0, 0.1) is 5.92 Å². The minimum atomic E-state index is 0.0384. The summed E-state index contributed by atoms with van der Waals surface area (Å²) in [6.07, 6.45) is 15.3. The molecule has 1 amide bonds. The Morgan fingerprint density at radius 1 is 1.15 bits per heavy atom. The molecule has 0 aliphatic heterocycles. The van der Waals surface area contributed by atoms with Crippen LogP contribution in [0.25, 0.3) is 44.8 Å². The third-order valence-electron chi connectivity index (χ3n) is 7.58. The first-order valence-electron chi connectivity index (χ1n) is 13.8. The van der Waals surface area contributed by atoms with Crippen LogP contribution in [-0.4, -0.2) is 54.8 Å². The number of nitrogens with zero attached hydrogens (tertiary/aromatic N) is 7. The Morgan fingerprint density at radius 2 is 1.98 bits per heavy atom. The van der Waals surface area contributed by atoms with Crippen LogP contribution >= 0.6 is 0 Å². The maximum atomic E-state index is 12.7. The van der Waals surface area contributed by atoms with E-state index in [-0.39, 0.29) is 5.91 Å². The van der Waals surface area contributed by atoms with Crippen molar-refractivity contribution in [2.75, 3.05) is 17.3 Å². The molecule has 0 atom stereocenters. The summed E-state index contributed by atoms with van der Waals surface area (Å²) in [7, 11) is 1.94. The molecule has 11 nitrogen and oxygen atoms in total. The molecular weight excluding hydrogens is 516 g/mol. The van der Waals surface area contributed by atoms with Crippen molar-refractivity contribution < 1.29 is 4.79 Å². The SMILES string of the molecule is C=N/C(C)=C\N(C)c1ccnc2nc(-c3[nH]nc4ncc(-c5cncc(NC(=O)CC6CCCCC6)c5)cc34)[nH]c12. The summed E-state index contributed by atoms with van der Waals surface area (Å²) in [6.45, 7) is 5.47. The summed E-state index contributed by atoms with van der Waals surface area (Å²) in [5.74, 6) is 1.11. The van der Waals surface area contributed by atoms with Gasteiger partial charge < -0.3 is 15.2 Å². The van der Waals surface area contributed by atoms with Gasteiger partial charge >= 0.3 is 0 Å². The first kappa shape index (κ1) is 26.3. The molecule has 0 bridgehead atoms. The Balaban J connectivity index is 1.29.